The van der Waals surface area contributed by atoms with Crippen molar-refractivity contribution in [2.24, 2.45) is 0 Å². The van der Waals surface area contributed by atoms with Crippen molar-refractivity contribution in [3.63, 3.8) is 0 Å². The molecule has 3 aromatic rings. The van der Waals surface area contributed by atoms with E-state index >= 15 is 4.39 Å². The smallest absolute Gasteiger partial charge is 0.410 e. The SMILES string of the molecule is Cc1nc(N2CCC(O)C2)cc(-n2ncc3cc(C)c(C4CCN(C(=O)OC(C)(C)C)CC4F)cc32)n1. The number of halogens is 1. The van der Waals surface area contributed by atoms with Gasteiger partial charge in [0, 0.05) is 37.0 Å². The fraction of sp³-hybridized carbons (Fsp3) is 0.556. The first-order chi connectivity index (χ1) is 17.5. The van der Waals surface area contributed by atoms with Gasteiger partial charge in [0.05, 0.1) is 24.4 Å². The van der Waals surface area contributed by atoms with Gasteiger partial charge < -0.3 is 19.6 Å². The molecule has 2 aromatic heterocycles. The van der Waals surface area contributed by atoms with Crippen LogP contribution in [0, 0.1) is 13.8 Å². The van der Waals surface area contributed by atoms with Crippen molar-refractivity contribution >= 4 is 22.8 Å². The molecule has 37 heavy (non-hydrogen) atoms. The van der Waals surface area contributed by atoms with Crippen LogP contribution in [0.25, 0.3) is 16.7 Å². The zero-order chi connectivity index (χ0) is 26.5. The van der Waals surface area contributed by atoms with Gasteiger partial charge in [-0.15, -0.1) is 0 Å². The highest BCUT2D eigenvalue weighted by Gasteiger charge is 2.35. The van der Waals surface area contributed by atoms with E-state index in [-0.39, 0.29) is 18.6 Å². The summed E-state index contributed by atoms with van der Waals surface area (Å²) in [4.78, 5) is 25.2. The van der Waals surface area contributed by atoms with Crippen molar-refractivity contribution in [1.29, 1.82) is 0 Å². The van der Waals surface area contributed by atoms with Gasteiger partial charge in [-0.3, -0.25) is 0 Å². The highest BCUT2D eigenvalue weighted by Crippen LogP contribution is 2.35. The zero-order valence-corrected chi connectivity index (χ0v) is 22.1. The van der Waals surface area contributed by atoms with Crippen LogP contribution < -0.4 is 4.90 Å². The maximum atomic E-state index is 15.5. The topological polar surface area (TPSA) is 96.6 Å². The molecule has 0 saturated carbocycles. The van der Waals surface area contributed by atoms with Crippen LogP contribution in [0.15, 0.2) is 24.4 Å². The number of carbonyl (C=O) groups is 1. The maximum absolute atomic E-state index is 15.5. The van der Waals surface area contributed by atoms with Gasteiger partial charge in [-0.25, -0.2) is 23.8 Å². The van der Waals surface area contributed by atoms with Gasteiger partial charge in [-0.2, -0.15) is 5.10 Å². The van der Waals surface area contributed by atoms with Crippen LogP contribution in [0.4, 0.5) is 15.0 Å². The molecule has 0 bridgehead atoms. The monoisotopic (exact) mass is 510 g/mol. The van der Waals surface area contributed by atoms with E-state index in [1.54, 1.807) is 10.9 Å². The predicted molar refractivity (Wildman–Crippen MR) is 139 cm³/mol. The van der Waals surface area contributed by atoms with Crippen molar-refractivity contribution in [3.05, 3.63) is 41.3 Å². The highest BCUT2D eigenvalue weighted by atomic mass is 19.1. The standard InChI is InChI=1S/C27H35FN6O3/c1-16-10-18-13-29-34(25-12-24(30-17(2)31-25)32-8-6-19(35)14-32)23(18)11-21(16)20-7-9-33(15-22(20)28)26(36)37-27(3,4)5/h10-13,19-20,22,35H,6-9,14-15H2,1-5H3. The minimum Gasteiger partial charge on any atom is -0.444 e. The van der Waals surface area contributed by atoms with E-state index in [0.29, 0.717) is 37.6 Å². The number of β-amino-alcohol motifs (C(OH)–C–C–N with tert-alkyl or cyclic N) is 1. The van der Waals surface area contributed by atoms with Gasteiger partial charge in [0.25, 0.3) is 0 Å². The number of aliphatic hydroxyl groups is 1. The summed E-state index contributed by atoms with van der Waals surface area (Å²) in [6.07, 6.45) is 0.978. The molecule has 0 radical (unpaired) electrons. The minimum absolute atomic E-state index is 0.00642. The summed E-state index contributed by atoms with van der Waals surface area (Å²) in [6.45, 7) is 11.0. The van der Waals surface area contributed by atoms with Gasteiger partial charge in [0.2, 0.25) is 0 Å². The fourth-order valence-electron chi connectivity index (χ4n) is 5.29. The van der Waals surface area contributed by atoms with Crippen molar-refractivity contribution in [1.82, 2.24) is 24.6 Å². The van der Waals surface area contributed by atoms with E-state index < -0.39 is 17.9 Å². The Hall–Kier alpha value is -3.27. The number of hydrogen-bond acceptors (Lipinski definition) is 7. The first kappa shape index (κ1) is 25.4. The van der Waals surface area contributed by atoms with Crippen LogP contribution in [0.5, 0.6) is 0 Å². The zero-order valence-electron chi connectivity index (χ0n) is 22.1. The molecule has 2 aliphatic rings. The van der Waals surface area contributed by atoms with E-state index in [0.717, 1.165) is 34.4 Å². The molecular weight excluding hydrogens is 475 g/mol. The molecule has 3 atom stereocenters. The van der Waals surface area contributed by atoms with Crippen LogP contribution in [0.3, 0.4) is 0 Å². The van der Waals surface area contributed by atoms with E-state index in [9.17, 15) is 9.90 Å². The summed E-state index contributed by atoms with van der Waals surface area (Å²) < 4.78 is 22.7. The Balaban J connectivity index is 1.44. The number of aromatic nitrogens is 4. The second-order valence-corrected chi connectivity index (χ2v) is 11.2. The number of alkyl halides is 1. The number of aryl methyl sites for hydroxylation is 2. The van der Waals surface area contributed by atoms with E-state index in [4.69, 9.17) is 4.74 Å². The van der Waals surface area contributed by atoms with Crippen LogP contribution in [-0.2, 0) is 4.74 Å². The number of likely N-dealkylation sites (tertiary alicyclic amines) is 1. The second-order valence-electron chi connectivity index (χ2n) is 11.2. The van der Waals surface area contributed by atoms with Crippen LogP contribution in [0.1, 0.15) is 56.5 Å². The number of nitrogens with zero attached hydrogens (tertiary/aromatic N) is 6. The van der Waals surface area contributed by atoms with E-state index in [1.807, 2.05) is 52.8 Å². The number of rotatable bonds is 3. The number of amides is 1. The summed E-state index contributed by atoms with van der Waals surface area (Å²) in [7, 11) is 0. The molecule has 4 heterocycles. The molecule has 1 aromatic carbocycles. The minimum atomic E-state index is -1.21. The largest absolute Gasteiger partial charge is 0.444 e. The van der Waals surface area contributed by atoms with E-state index in [2.05, 4.69) is 20.0 Å². The molecule has 0 spiro atoms. The first-order valence-corrected chi connectivity index (χ1v) is 12.9. The summed E-state index contributed by atoms with van der Waals surface area (Å²) in [5, 5.41) is 15.5. The number of ether oxygens (including phenoxy) is 1. The van der Waals surface area contributed by atoms with Crippen molar-refractivity contribution in [2.75, 3.05) is 31.1 Å². The Bertz CT molecular complexity index is 1320. The molecule has 5 rings (SSSR count). The highest BCUT2D eigenvalue weighted by molar-refractivity contribution is 5.82. The lowest BCUT2D eigenvalue weighted by Gasteiger charge is -2.36. The quantitative estimate of drug-likeness (QED) is 0.567. The molecule has 0 aliphatic carbocycles. The molecule has 2 aliphatic heterocycles. The molecule has 2 saturated heterocycles. The summed E-state index contributed by atoms with van der Waals surface area (Å²) in [5.41, 5.74) is 2.14. The fourth-order valence-corrected chi connectivity index (χ4v) is 5.29. The van der Waals surface area contributed by atoms with Gasteiger partial charge >= 0.3 is 6.09 Å². The van der Waals surface area contributed by atoms with Crippen LogP contribution >= 0.6 is 0 Å². The van der Waals surface area contributed by atoms with Crippen LogP contribution in [0.2, 0.25) is 0 Å². The molecule has 198 valence electrons. The molecule has 3 unspecified atom stereocenters. The lowest BCUT2D eigenvalue weighted by Crippen LogP contribution is -2.46. The molecular formula is C27H35FN6O3. The Morgan fingerprint density at radius 1 is 1.08 bits per heavy atom. The number of fused-ring (bicyclic) bond motifs is 1. The molecule has 9 nitrogen and oxygen atoms in total. The van der Waals surface area contributed by atoms with Crippen LogP contribution in [-0.4, -0.2) is 79.9 Å². The summed E-state index contributed by atoms with van der Waals surface area (Å²) in [6, 6.07) is 5.93. The number of piperidine rings is 1. The van der Waals surface area contributed by atoms with Gasteiger partial charge in [-0.05, 0) is 70.7 Å². The molecule has 1 amide bonds. The lowest BCUT2D eigenvalue weighted by atomic mass is 9.85. The first-order valence-electron chi connectivity index (χ1n) is 12.9. The lowest BCUT2D eigenvalue weighted by molar-refractivity contribution is 0.0111. The third-order valence-corrected chi connectivity index (χ3v) is 7.06. The summed E-state index contributed by atoms with van der Waals surface area (Å²) in [5.74, 6) is 1.67. The predicted octanol–water partition coefficient (Wildman–Crippen LogP) is 4.07. The van der Waals surface area contributed by atoms with Crippen molar-refractivity contribution in [3.8, 4) is 5.82 Å². The van der Waals surface area contributed by atoms with E-state index in [1.165, 1.54) is 4.90 Å². The second kappa shape index (κ2) is 9.55. The van der Waals surface area contributed by atoms with Crippen molar-refractivity contribution in [2.45, 2.75) is 71.3 Å². The average Bonchev–Trinajstić information content (AvgIpc) is 3.43. The van der Waals surface area contributed by atoms with Gasteiger partial charge in [0.1, 0.15) is 23.4 Å². The molecule has 2 fully saturated rings. The Morgan fingerprint density at radius 3 is 2.51 bits per heavy atom. The Kier molecular flexibility index (Phi) is 6.55. The van der Waals surface area contributed by atoms with Gasteiger partial charge in [-0.1, -0.05) is 0 Å². The molecule has 10 heteroatoms. The number of aliphatic hydroxyl groups excluding tert-OH is 1. The number of carbonyl (C=O) groups excluding carboxylic acids is 1. The average molecular weight is 511 g/mol. The van der Waals surface area contributed by atoms with Gasteiger partial charge in [0.15, 0.2) is 5.82 Å². The summed E-state index contributed by atoms with van der Waals surface area (Å²) >= 11 is 0. The number of benzene rings is 1. The third-order valence-electron chi connectivity index (χ3n) is 7.06. The normalized spacial score (nSPS) is 22.6. The number of anilines is 1. The van der Waals surface area contributed by atoms with Crippen molar-refractivity contribution < 1.29 is 19.0 Å². The molecule has 1 N–H and O–H groups in total. The third kappa shape index (κ3) is 5.25. The Labute approximate surface area is 216 Å². The number of hydrogen-bond donors (Lipinski definition) is 1. The Morgan fingerprint density at radius 2 is 1.84 bits per heavy atom. The maximum Gasteiger partial charge on any atom is 0.410 e.